The maximum absolute atomic E-state index is 9.00. The quantitative estimate of drug-likeness (QED) is 0.761. The smallest absolute Gasteiger partial charge is 0.101 e. The molecule has 0 radical (unpaired) electrons. The van der Waals surface area contributed by atoms with E-state index in [2.05, 4.69) is 31.0 Å². The molecule has 2 atom stereocenters. The zero-order chi connectivity index (χ0) is 13.4. The van der Waals surface area contributed by atoms with Gasteiger partial charge < -0.3 is 0 Å². The molecule has 2 unspecified atom stereocenters. The summed E-state index contributed by atoms with van der Waals surface area (Å²) in [7, 11) is 0. The van der Waals surface area contributed by atoms with E-state index >= 15 is 0 Å². The molecule has 1 aromatic heterocycles. The fourth-order valence-electron chi connectivity index (χ4n) is 2.44. The number of hydrogen-bond acceptors (Lipinski definition) is 3. The van der Waals surface area contributed by atoms with E-state index in [1.54, 1.807) is 12.4 Å². The van der Waals surface area contributed by atoms with E-state index in [1.165, 1.54) is 0 Å². The summed E-state index contributed by atoms with van der Waals surface area (Å²) in [5.41, 5.74) is 1.60. The predicted octanol–water partition coefficient (Wildman–Crippen LogP) is 3.78. The summed E-state index contributed by atoms with van der Waals surface area (Å²) in [5.74, 6) is 0.686. The molecule has 0 amide bonds. The van der Waals surface area contributed by atoms with Gasteiger partial charge >= 0.3 is 0 Å². The molecule has 0 saturated carbocycles. The summed E-state index contributed by atoms with van der Waals surface area (Å²) in [6.45, 7) is 4.32. The second kappa shape index (κ2) is 7.45. The van der Waals surface area contributed by atoms with Crippen molar-refractivity contribution in [2.75, 3.05) is 0 Å². The Kier molecular flexibility index (Phi) is 5.88. The minimum Gasteiger partial charge on any atom is -0.263 e. The van der Waals surface area contributed by atoms with E-state index in [0.717, 1.165) is 24.8 Å². The first kappa shape index (κ1) is 14.2. The Hall–Kier alpha value is -1.87. The first-order chi connectivity index (χ1) is 8.76. The van der Waals surface area contributed by atoms with Gasteiger partial charge in [-0.1, -0.05) is 33.1 Å². The molecule has 1 heterocycles. The third kappa shape index (κ3) is 3.57. The Morgan fingerprint density at radius 2 is 2.06 bits per heavy atom. The summed E-state index contributed by atoms with van der Waals surface area (Å²) < 4.78 is 0. The molecular formula is C15H19N3. The van der Waals surface area contributed by atoms with Crippen LogP contribution < -0.4 is 0 Å². The van der Waals surface area contributed by atoms with E-state index in [0.29, 0.717) is 17.9 Å². The predicted molar refractivity (Wildman–Crippen MR) is 70.6 cm³/mol. The van der Waals surface area contributed by atoms with Crippen molar-refractivity contribution >= 4 is 0 Å². The lowest BCUT2D eigenvalue weighted by atomic mass is 9.80. The van der Waals surface area contributed by atoms with Crippen LogP contribution >= 0.6 is 0 Å². The summed E-state index contributed by atoms with van der Waals surface area (Å²) in [5, 5.41) is 17.9. The van der Waals surface area contributed by atoms with Crippen LogP contribution in [0.25, 0.3) is 0 Å². The number of rotatable bonds is 6. The molecule has 0 aliphatic rings. The van der Waals surface area contributed by atoms with Crippen LogP contribution in [0.4, 0.5) is 0 Å². The second-order valence-corrected chi connectivity index (χ2v) is 4.54. The van der Waals surface area contributed by atoms with Gasteiger partial charge in [-0.25, -0.2) is 0 Å². The fraction of sp³-hybridized carbons (Fsp3) is 0.533. The van der Waals surface area contributed by atoms with Gasteiger partial charge in [-0.3, -0.25) is 4.98 Å². The van der Waals surface area contributed by atoms with Crippen LogP contribution in [0.5, 0.6) is 0 Å². The standard InChI is InChI=1S/C15H19N3/c1-3-5-13(4-2)15(6-7-16)14-8-12(9-17)10-18-11-14/h8,10-11,13,15H,3-6H2,1-2H3. The molecule has 1 aromatic rings. The average Bonchev–Trinajstić information content (AvgIpc) is 2.42. The van der Waals surface area contributed by atoms with Crippen molar-refractivity contribution in [2.45, 2.75) is 45.4 Å². The Balaban J connectivity index is 3.03. The van der Waals surface area contributed by atoms with Crippen molar-refractivity contribution in [3.05, 3.63) is 29.6 Å². The summed E-state index contributed by atoms with van der Waals surface area (Å²) in [6, 6.07) is 6.24. The Bertz CT molecular complexity index is 454. The zero-order valence-corrected chi connectivity index (χ0v) is 11.1. The number of aromatic nitrogens is 1. The van der Waals surface area contributed by atoms with Crippen LogP contribution in [-0.4, -0.2) is 4.98 Å². The number of nitrogens with zero attached hydrogens (tertiary/aromatic N) is 3. The van der Waals surface area contributed by atoms with Crippen LogP contribution in [0.1, 0.15) is 56.6 Å². The summed E-state index contributed by atoms with van der Waals surface area (Å²) in [6.07, 6.45) is 7.13. The van der Waals surface area contributed by atoms with Gasteiger partial charge in [0.15, 0.2) is 0 Å². The average molecular weight is 241 g/mol. The summed E-state index contributed by atoms with van der Waals surface area (Å²) >= 11 is 0. The molecule has 0 bridgehead atoms. The van der Waals surface area contributed by atoms with Crippen molar-refractivity contribution in [3.63, 3.8) is 0 Å². The Labute approximate surface area is 109 Å². The lowest BCUT2D eigenvalue weighted by molar-refractivity contribution is 0.381. The molecule has 0 fully saturated rings. The topological polar surface area (TPSA) is 60.5 Å². The van der Waals surface area contributed by atoms with Crippen molar-refractivity contribution < 1.29 is 0 Å². The Morgan fingerprint density at radius 1 is 1.28 bits per heavy atom. The summed E-state index contributed by atoms with van der Waals surface area (Å²) in [4.78, 5) is 4.10. The lowest BCUT2D eigenvalue weighted by Crippen LogP contribution is -2.12. The fourth-order valence-corrected chi connectivity index (χ4v) is 2.44. The molecule has 3 heteroatoms. The van der Waals surface area contributed by atoms with Crippen LogP contribution in [0, 0.1) is 28.6 Å². The third-order valence-corrected chi connectivity index (χ3v) is 3.38. The van der Waals surface area contributed by atoms with Gasteiger partial charge in [0.25, 0.3) is 0 Å². The molecule has 94 valence electrons. The molecule has 0 aromatic carbocycles. The van der Waals surface area contributed by atoms with Crippen LogP contribution in [0.15, 0.2) is 18.5 Å². The number of pyridine rings is 1. The van der Waals surface area contributed by atoms with Gasteiger partial charge in [0.1, 0.15) is 6.07 Å². The molecule has 0 N–H and O–H groups in total. The molecule has 3 nitrogen and oxygen atoms in total. The van der Waals surface area contributed by atoms with E-state index in [4.69, 9.17) is 10.5 Å². The van der Waals surface area contributed by atoms with Crippen molar-refractivity contribution in [3.8, 4) is 12.1 Å². The maximum atomic E-state index is 9.00. The van der Waals surface area contributed by atoms with E-state index in [1.807, 2.05) is 6.07 Å². The van der Waals surface area contributed by atoms with Gasteiger partial charge in [-0.15, -0.1) is 0 Å². The monoisotopic (exact) mass is 241 g/mol. The number of nitriles is 2. The largest absolute Gasteiger partial charge is 0.263 e. The second-order valence-electron chi connectivity index (χ2n) is 4.54. The minimum absolute atomic E-state index is 0.195. The Morgan fingerprint density at radius 3 is 2.61 bits per heavy atom. The minimum atomic E-state index is 0.195. The molecule has 1 rings (SSSR count). The van der Waals surface area contributed by atoms with Crippen molar-refractivity contribution in [2.24, 2.45) is 5.92 Å². The van der Waals surface area contributed by atoms with Gasteiger partial charge in [0.05, 0.1) is 11.6 Å². The van der Waals surface area contributed by atoms with E-state index < -0.39 is 0 Å². The van der Waals surface area contributed by atoms with Gasteiger partial charge in [-0.2, -0.15) is 10.5 Å². The molecule has 0 saturated heterocycles. The highest BCUT2D eigenvalue weighted by Gasteiger charge is 2.21. The molecule has 0 aliphatic heterocycles. The van der Waals surface area contributed by atoms with E-state index in [9.17, 15) is 0 Å². The normalized spacial score (nSPS) is 13.3. The van der Waals surface area contributed by atoms with Gasteiger partial charge in [0.2, 0.25) is 0 Å². The molecule has 18 heavy (non-hydrogen) atoms. The first-order valence-electron chi connectivity index (χ1n) is 6.48. The van der Waals surface area contributed by atoms with Crippen molar-refractivity contribution in [1.29, 1.82) is 10.5 Å². The first-order valence-corrected chi connectivity index (χ1v) is 6.48. The SMILES string of the molecule is CCCC(CC)C(CC#N)c1cncc(C#N)c1. The van der Waals surface area contributed by atoms with Crippen molar-refractivity contribution in [1.82, 2.24) is 4.98 Å². The van der Waals surface area contributed by atoms with Gasteiger partial charge in [-0.05, 0) is 17.5 Å². The van der Waals surface area contributed by atoms with Crippen LogP contribution in [0.3, 0.4) is 0 Å². The maximum Gasteiger partial charge on any atom is 0.101 e. The molecule has 0 aliphatic carbocycles. The lowest BCUT2D eigenvalue weighted by Gasteiger charge is -2.24. The zero-order valence-electron chi connectivity index (χ0n) is 11.1. The van der Waals surface area contributed by atoms with Crippen LogP contribution in [0.2, 0.25) is 0 Å². The number of hydrogen-bond donors (Lipinski definition) is 0. The highest BCUT2D eigenvalue weighted by Crippen LogP contribution is 2.33. The molecule has 0 spiro atoms. The van der Waals surface area contributed by atoms with E-state index in [-0.39, 0.29) is 5.92 Å². The third-order valence-electron chi connectivity index (χ3n) is 3.38. The van der Waals surface area contributed by atoms with Gasteiger partial charge in [0, 0.05) is 24.7 Å². The molecular weight excluding hydrogens is 222 g/mol. The highest BCUT2D eigenvalue weighted by atomic mass is 14.6. The van der Waals surface area contributed by atoms with Crippen LogP contribution in [-0.2, 0) is 0 Å². The highest BCUT2D eigenvalue weighted by molar-refractivity contribution is 5.31.